The molecule has 2 heterocycles. The van der Waals surface area contributed by atoms with Crippen LogP contribution in [0.1, 0.15) is 11.3 Å². The summed E-state index contributed by atoms with van der Waals surface area (Å²) in [6.45, 7) is 0.965. The summed E-state index contributed by atoms with van der Waals surface area (Å²) in [5.41, 5.74) is 1.55. The highest BCUT2D eigenvalue weighted by atomic mass is 32.2. The largest absolute Gasteiger partial charge is 0.467 e. The van der Waals surface area contributed by atoms with Gasteiger partial charge in [0.25, 0.3) is 0 Å². The van der Waals surface area contributed by atoms with Crippen molar-refractivity contribution in [2.75, 3.05) is 12.8 Å². The van der Waals surface area contributed by atoms with Crippen molar-refractivity contribution in [1.29, 1.82) is 0 Å². The summed E-state index contributed by atoms with van der Waals surface area (Å²) in [7, 11) is 1.73. The minimum atomic E-state index is -0.355. The lowest BCUT2D eigenvalue weighted by Gasteiger charge is -2.15. The van der Waals surface area contributed by atoms with Gasteiger partial charge in [0, 0.05) is 13.6 Å². The average molecular weight is 451 g/mol. The molecular formula is C24H23FN4O2S. The molecule has 0 atom stereocenters. The molecule has 164 valence electrons. The second-order valence-corrected chi connectivity index (χ2v) is 8.23. The molecule has 8 heteroatoms. The number of aromatic nitrogens is 3. The molecule has 0 N–H and O–H groups in total. The molecule has 1 amide bonds. The van der Waals surface area contributed by atoms with Crippen LogP contribution in [0.25, 0.3) is 11.4 Å². The van der Waals surface area contributed by atoms with E-state index in [0.29, 0.717) is 29.6 Å². The molecule has 6 nitrogen and oxygen atoms in total. The monoisotopic (exact) mass is 450 g/mol. The van der Waals surface area contributed by atoms with E-state index in [1.165, 1.54) is 17.8 Å². The third-order valence-corrected chi connectivity index (χ3v) is 5.97. The van der Waals surface area contributed by atoms with Crippen molar-refractivity contribution in [2.24, 2.45) is 0 Å². The summed E-state index contributed by atoms with van der Waals surface area (Å²) in [6, 6.07) is 20.2. The third kappa shape index (κ3) is 5.26. The number of benzene rings is 2. The predicted octanol–water partition coefficient (Wildman–Crippen LogP) is 4.67. The van der Waals surface area contributed by atoms with Gasteiger partial charge in [-0.25, -0.2) is 4.39 Å². The summed E-state index contributed by atoms with van der Waals surface area (Å²) in [6.07, 6.45) is 2.32. The fraction of sp³-hybridized carbons (Fsp3) is 0.208. The van der Waals surface area contributed by atoms with Crippen molar-refractivity contribution in [3.05, 3.63) is 90.1 Å². The molecule has 0 radical (unpaired) electrons. The van der Waals surface area contributed by atoms with Gasteiger partial charge in [-0.1, -0.05) is 54.2 Å². The van der Waals surface area contributed by atoms with E-state index >= 15 is 0 Å². The second kappa shape index (κ2) is 10.3. The molecule has 0 saturated heterocycles. The van der Waals surface area contributed by atoms with Gasteiger partial charge < -0.3 is 13.9 Å². The molecule has 0 saturated carbocycles. The predicted molar refractivity (Wildman–Crippen MR) is 121 cm³/mol. The molecule has 4 aromatic rings. The Bertz CT molecular complexity index is 1160. The van der Waals surface area contributed by atoms with Crippen LogP contribution in [0, 0.1) is 5.82 Å². The van der Waals surface area contributed by atoms with Crippen LogP contribution in [0.2, 0.25) is 0 Å². The van der Waals surface area contributed by atoms with Gasteiger partial charge in [-0.3, -0.25) is 4.79 Å². The van der Waals surface area contributed by atoms with Crippen molar-refractivity contribution in [1.82, 2.24) is 19.7 Å². The fourth-order valence-electron chi connectivity index (χ4n) is 3.29. The summed E-state index contributed by atoms with van der Waals surface area (Å²) in [5.74, 6) is 0.956. The molecule has 0 bridgehead atoms. The molecule has 32 heavy (non-hydrogen) atoms. The maximum atomic E-state index is 14.5. The highest BCUT2D eigenvalue weighted by molar-refractivity contribution is 7.99. The minimum Gasteiger partial charge on any atom is -0.467 e. The SMILES string of the molecule is CN(Cc1ccco1)C(=O)CSc1nnc(-c2ccccc2F)n1CCc1ccccc1. The zero-order valence-corrected chi connectivity index (χ0v) is 18.5. The topological polar surface area (TPSA) is 64.2 Å². The number of amides is 1. The maximum Gasteiger partial charge on any atom is 0.233 e. The third-order valence-electron chi connectivity index (χ3n) is 5.02. The Morgan fingerprint density at radius 1 is 1.06 bits per heavy atom. The molecule has 2 aromatic heterocycles. The fourth-order valence-corrected chi connectivity index (χ4v) is 4.19. The smallest absolute Gasteiger partial charge is 0.233 e. The van der Waals surface area contributed by atoms with Crippen molar-refractivity contribution in [2.45, 2.75) is 24.7 Å². The summed E-state index contributed by atoms with van der Waals surface area (Å²) in [4.78, 5) is 14.2. The Kier molecular flexibility index (Phi) is 7.01. The van der Waals surface area contributed by atoms with E-state index in [1.807, 2.05) is 41.0 Å². The lowest BCUT2D eigenvalue weighted by Crippen LogP contribution is -2.27. The van der Waals surface area contributed by atoms with E-state index in [0.717, 1.165) is 17.7 Å². The first-order valence-electron chi connectivity index (χ1n) is 10.2. The highest BCUT2D eigenvalue weighted by Gasteiger charge is 2.19. The molecule has 0 spiro atoms. The molecule has 2 aromatic carbocycles. The zero-order chi connectivity index (χ0) is 22.3. The zero-order valence-electron chi connectivity index (χ0n) is 17.6. The first-order valence-corrected chi connectivity index (χ1v) is 11.2. The first-order chi connectivity index (χ1) is 15.6. The van der Waals surface area contributed by atoms with Crippen LogP contribution in [0.4, 0.5) is 4.39 Å². The standard InChI is InChI=1S/C24H23FN4O2S/c1-28(16-19-10-7-15-31-19)22(30)17-32-24-27-26-23(20-11-5-6-12-21(20)25)29(24)14-13-18-8-3-2-4-9-18/h2-12,15H,13-14,16-17H2,1H3. The number of hydrogen-bond donors (Lipinski definition) is 0. The Labute approximate surface area is 190 Å². The number of carbonyl (C=O) groups is 1. The van der Waals surface area contributed by atoms with Crippen LogP contribution in [0.5, 0.6) is 0 Å². The normalized spacial score (nSPS) is 10.9. The van der Waals surface area contributed by atoms with E-state index < -0.39 is 0 Å². The number of furan rings is 1. The van der Waals surface area contributed by atoms with Crippen LogP contribution in [-0.4, -0.2) is 38.4 Å². The summed E-state index contributed by atoms with van der Waals surface area (Å²) < 4.78 is 21.7. The molecule has 0 aliphatic rings. The van der Waals surface area contributed by atoms with Gasteiger partial charge >= 0.3 is 0 Å². The first kappa shape index (κ1) is 21.8. The molecule has 0 aliphatic carbocycles. The van der Waals surface area contributed by atoms with E-state index in [-0.39, 0.29) is 17.5 Å². The molecule has 0 fully saturated rings. The van der Waals surface area contributed by atoms with Gasteiger partial charge in [-0.05, 0) is 36.2 Å². The van der Waals surface area contributed by atoms with Crippen molar-refractivity contribution in [3.63, 3.8) is 0 Å². The van der Waals surface area contributed by atoms with Crippen LogP contribution in [0.3, 0.4) is 0 Å². The number of aryl methyl sites for hydroxylation is 1. The van der Waals surface area contributed by atoms with Crippen LogP contribution in [-0.2, 0) is 24.3 Å². The summed E-state index contributed by atoms with van der Waals surface area (Å²) >= 11 is 1.30. The average Bonchev–Trinajstić information content (AvgIpc) is 3.47. The molecule has 4 rings (SSSR count). The van der Waals surface area contributed by atoms with E-state index in [2.05, 4.69) is 10.2 Å². The molecule has 0 unspecified atom stereocenters. The van der Waals surface area contributed by atoms with Crippen LogP contribution < -0.4 is 0 Å². The highest BCUT2D eigenvalue weighted by Crippen LogP contribution is 2.26. The lowest BCUT2D eigenvalue weighted by molar-refractivity contribution is -0.127. The maximum absolute atomic E-state index is 14.5. The van der Waals surface area contributed by atoms with E-state index in [9.17, 15) is 9.18 Å². The number of rotatable bonds is 9. The van der Waals surface area contributed by atoms with Gasteiger partial charge in [0.05, 0.1) is 24.1 Å². The van der Waals surface area contributed by atoms with Crippen LogP contribution >= 0.6 is 11.8 Å². The number of thioether (sulfide) groups is 1. The van der Waals surface area contributed by atoms with Gasteiger partial charge in [-0.15, -0.1) is 10.2 Å². The Morgan fingerprint density at radius 2 is 1.84 bits per heavy atom. The van der Waals surface area contributed by atoms with E-state index in [1.54, 1.807) is 42.5 Å². The lowest BCUT2D eigenvalue weighted by atomic mass is 10.1. The minimum absolute atomic E-state index is 0.0588. The van der Waals surface area contributed by atoms with Crippen molar-refractivity contribution >= 4 is 17.7 Å². The molecular weight excluding hydrogens is 427 g/mol. The number of carbonyl (C=O) groups excluding carboxylic acids is 1. The van der Waals surface area contributed by atoms with E-state index in [4.69, 9.17) is 4.42 Å². The van der Waals surface area contributed by atoms with Gasteiger partial charge in [0.15, 0.2) is 11.0 Å². The Morgan fingerprint density at radius 3 is 2.59 bits per heavy atom. The number of nitrogens with zero attached hydrogens (tertiary/aromatic N) is 4. The summed E-state index contributed by atoms with van der Waals surface area (Å²) in [5, 5.41) is 9.11. The van der Waals surface area contributed by atoms with Gasteiger partial charge in [0.1, 0.15) is 11.6 Å². The second-order valence-electron chi connectivity index (χ2n) is 7.29. The van der Waals surface area contributed by atoms with Gasteiger partial charge in [0.2, 0.25) is 5.91 Å². The number of hydrogen-bond acceptors (Lipinski definition) is 5. The van der Waals surface area contributed by atoms with Crippen molar-refractivity contribution in [3.8, 4) is 11.4 Å². The van der Waals surface area contributed by atoms with Crippen molar-refractivity contribution < 1.29 is 13.6 Å². The van der Waals surface area contributed by atoms with Crippen LogP contribution in [0.15, 0.2) is 82.6 Å². The molecule has 0 aliphatic heterocycles. The number of halogens is 1. The Balaban J connectivity index is 1.51. The van der Waals surface area contributed by atoms with Gasteiger partial charge in [-0.2, -0.15) is 0 Å². The Hall–Kier alpha value is -3.39. The quantitative estimate of drug-likeness (QED) is 0.347.